The number of nitrogens with one attached hydrogen (secondary N) is 2. The number of carbonyl (C=O) groups excluding carboxylic acids is 1. The number of ether oxygens (including phenoxy) is 1. The lowest BCUT2D eigenvalue weighted by molar-refractivity contribution is 0.0663. The van der Waals surface area contributed by atoms with Gasteiger partial charge in [-0.05, 0) is 63.9 Å². The largest absolute Gasteiger partial charge is 0.497 e. The lowest BCUT2D eigenvalue weighted by Gasteiger charge is -2.20. The number of amides is 2. The zero-order valence-corrected chi connectivity index (χ0v) is 17.0. The molecule has 2 aromatic heterocycles. The highest BCUT2D eigenvalue weighted by Crippen LogP contribution is 2.22. The molecule has 1 atom stereocenters. The minimum absolute atomic E-state index is 0.105. The average molecular weight is 398 g/mol. The molecule has 0 saturated carbocycles. The summed E-state index contributed by atoms with van der Waals surface area (Å²) >= 11 is 0. The Kier molecular flexibility index (Phi) is 5.97. The van der Waals surface area contributed by atoms with Gasteiger partial charge in [0.05, 0.1) is 18.4 Å². The van der Waals surface area contributed by atoms with Crippen molar-refractivity contribution in [1.29, 1.82) is 0 Å². The molecule has 3 aromatic rings. The molecule has 9 heteroatoms. The Morgan fingerprint density at radius 3 is 2.66 bits per heavy atom. The minimum Gasteiger partial charge on any atom is -0.497 e. The summed E-state index contributed by atoms with van der Waals surface area (Å²) in [6, 6.07) is 8.87. The van der Waals surface area contributed by atoms with Gasteiger partial charge in [0.2, 0.25) is 0 Å². The third-order valence-electron chi connectivity index (χ3n) is 4.42. The first-order valence-corrected chi connectivity index (χ1v) is 9.41. The first-order valence-electron chi connectivity index (χ1n) is 9.41. The summed E-state index contributed by atoms with van der Waals surface area (Å²) < 4.78 is 6.77. The van der Waals surface area contributed by atoms with Crippen LogP contribution in [-0.4, -0.2) is 49.5 Å². The summed E-state index contributed by atoms with van der Waals surface area (Å²) in [7, 11) is 1.62. The quantitative estimate of drug-likeness (QED) is 0.564. The molecule has 29 heavy (non-hydrogen) atoms. The fraction of sp³-hybridized carbons (Fsp3) is 0.400. The molecule has 0 spiro atoms. The molecule has 0 aliphatic carbocycles. The summed E-state index contributed by atoms with van der Waals surface area (Å²) in [4.78, 5) is 20.7. The molecular formula is C20H26N6O3. The number of carbonyl (C=O) groups is 1. The number of aliphatic hydroxyl groups is 1. The highest BCUT2D eigenvalue weighted by Gasteiger charge is 2.17. The maximum atomic E-state index is 12.2. The van der Waals surface area contributed by atoms with Crippen molar-refractivity contribution in [1.82, 2.24) is 24.9 Å². The van der Waals surface area contributed by atoms with E-state index in [0.29, 0.717) is 18.6 Å². The number of hydrogen-bond acceptors (Lipinski definition) is 6. The number of fused-ring (bicyclic) bond motifs is 1. The van der Waals surface area contributed by atoms with E-state index in [4.69, 9.17) is 4.74 Å². The van der Waals surface area contributed by atoms with Crippen LogP contribution in [0.15, 0.2) is 36.5 Å². The summed E-state index contributed by atoms with van der Waals surface area (Å²) in [6.07, 6.45) is 2.88. The molecule has 3 N–H and O–H groups in total. The molecule has 0 bridgehead atoms. The molecule has 2 amide bonds. The Labute approximate surface area is 169 Å². The van der Waals surface area contributed by atoms with E-state index in [2.05, 4.69) is 25.7 Å². The molecule has 9 nitrogen and oxygen atoms in total. The smallest absolute Gasteiger partial charge is 0.321 e. The van der Waals surface area contributed by atoms with Gasteiger partial charge in [0.15, 0.2) is 0 Å². The first kappa shape index (κ1) is 20.5. The minimum atomic E-state index is -0.765. The third-order valence-corrected chi connectivity index (χ3v) is 4.42. The summed E-state index contributed by atoms with van der Waals surface area (Å²) in [6.45, 7) is 5.37. The highest BCUT2D eigenvalue weighted by molar-refractivity contribution is 5.87. The van der Waals surface area contributed by atoms with Crippen LogP contribution in [0.5, 0.6) is 5.75 Å². The van der Waals surface area contributed by atoms with Gasteiger partial charge in [-0.25, -0.2) is 9.78 Å². The van der Waals surface area contributed by atoms with Gasteiger partial charge < -0.3 is 15.2 Å². The number of nitrogens with zero attached hydrogens (tertiary/aromatic N) is 4. The van der Waals surface area contributed by atoms with E-state index < -0.39 is 11.6 Å². The van der Waals surface area contributed by atoms with E-state index in [9.17, 15) is 9.90 Å². The Morgan fingerprint density at radius 2 is 2.00 bits per heavy atom. The third kappa shape index (κ3) is 5.41. The number of anilines is 1. The van der Waals surface area contributed by atoms with Crippen LogP contribution in [-0.2, 0) is 0 Å². The molecule has 1 aromatic carbocycles. The molecule has 154 valence electrons. The molecular weight excluding hydrogens is 372 g/mol. The number of urea groups is 1. The van der Waals surface area contributed by atoms with Crippen LogP contribution in [0.25, 0.3) is 17.0 Å². The van der Waals surface area contributed by atoms with E-state index in [1.165, 1.54) is 0 Å². The van der Waals surface area contributed by atoms with Crippen LogP contribution >= 0.6 is 0 Å². The van der Waals surface area contributed by atoms with Crippen molar-refractivity contribution >= 4 is 17.8 Å². The topological polar surface area (TPSA) is 114 Å². The molecule has 3 rings (SSSR count). The monoisotopic (exact) mass is 398 g/mol. The van der Waals surface area contributed by atoms with Crippen LogP contribution in [0.4, 0.5) is 10.7 Å². The summed E-state index contributed by atoms with van der Waals surface area (Å²) in [5.41, 5.74) is 0.940. The van der Waals surface area contributed by atoms with Crippen LogP contribution in [0.2, 0.25) is 0 Å². The Hall–Kier alpha value is -3.20. The second-order valence-corrected chi connectivity index (χ2v) is 7.56. The van der Waals surface area contributed by atoms with Gasteiger partial charge in [-0.1, -0.05) is 0 Å². The van der Waals surface area contributed by atoms with E-state index in [1.807, 2.05) is 37.3 Å². The fourth-order valence-corrected chi connectivity index (χ4v) is 2.83. The van der Waals surface area contributed by atoms with Crippen molar-refractivity contribution in [3.05, 3.63) is 36.5 Å². The van der Waals surface area contributed by atoms with Gasteiger partial charge in [0.25, 0.3) is 11.7 Å². The van der Waals surface area contributed by atoms with E-state index in [-0.39, 0.29) is 12.0 Å². The van der Waals surface area contributed by atoms with Crippen molar-refractivity contribution in [3.63, 3.8) is 0 Å². The zero-order valence-electron chi connectivity index (χ0n) is 17.0. The van der Waals surface area contributed by atoms with E-state index in [1.54, 1.807) is 31.7 Å². The maximum Gasteiger partial charge on any atom is 0.321 e. The van der Waals surface area contributed by atoms with Crippen molar-refractivity contribution in [3.8, 4) is 17.0 Å². The molecule has 0 saturated heterocycles. The van der Waals surface area contributed by atoms with Gasteiger partial charge in [0.1, 0.15) is 5.75 Å². The van der Waals surface area contributed by atoms with Crippen LogP contribution in [0.1, 0.15) is 33.6 Å². The van der Waals surface area contributed by atoms with E-state index in [0.717, 1.165) is 17.0 Å². The molecule has 0 fully saturated rings. The Morgan fingerprint density at radius 1 is 1.28 bits per heavy atom. The molecule has 2 heterocycles. The first-order chi connectivity index (χ1) is 13.7. The summed E-state index contributed by atoms with van der Waals surface area (Å²) in [5, 5.41) is 19.6. The van der Waals surface area contributed by atoms with Crippen molar-refractivity contribution in [2.75, 3.05) is 12.4 Å². The normalized spacial score (nSPS) is 12.6. The predicted molar refractivity (Wildman–Crippen MR) is 110 cm³/mol. The molecule has 0 radical (unpaired) electrons. The van der Waals surface area contributed by atoms with Crippen molar-refractivity contribution < 1.29 is 14.6 Å². The predicted octanol–water partition coefficient (Wildman–Crippen LogP) is 2.86. The highest BCUT2D eigenvalue weighted by atomic mass is 16.5. The van der Waals surface area contributed by atoms with Crippen molar-refractivity contribution in [2.45, 2.75) is 45.3 Å². The van der Waals surface area contributed by atoms with Gasteiger partial charge >= 0.3 is 6.03 Å². The van der Waals surface area contributed by atoms with Gasteiger partial charge in [-0.15, -0.1) is 5.10 Å². The standard InChI is InChI=1S/C20H26N6O3/c1-13(9-11-20(2,3)28)22-19(27)24-17-23-18-21-12-10-16(26(18)25-17)14-5-7-15(29-4)8-6-14/h5-8,10,12-13,28H,9,11H2,1-4H3,(H2,22,24,25,27). The maximum absolute atomic E-state index is 12.2. The molecule has 0 aliphatic heterocycles. The Bertz CT molecular complexity index is 978. The number of rotatable bonds is 7. The van der Waals surface area contributed by atoms with Gasteiger partial charge in [-0.3, -0.25) is 5.32 Å². The van der Waals surface area contributed by atoms with Gasteiger partial charge in [-0.2, -0.15) is 9.50 Å². The Balaban J connectivity index is 1.72. The number of benzene rings is 1. The second kappa shape index (κ2) is 8.44. The van der Waals surface area contributed by atoms with Gasteiger partial charge in [0, 0.05) is 17.8 Å². The average Bonchev–Trinajstić information content (AvgIpc) is 3.08. The SMILES string of the molecule is COc1ccc(-c2ccnc3nc(NC(=O)NC(C)CCC(C)(C)O)nn23)cc1. The lowest BCUT2D eigenvalue weighted by Crippen LogP contribution is -2.37. The number of methoxy groups -OCH3 is 1. The van der Waals surface area contributed by atoms with Crippen LogP contribution in [0.3, 0.4) is 0 Å². The van der Waals surface area contributed by atoms with Crippen LogP contribution < -0.4 is 15.4 Å². The number of aromatic nitrogens is 4. The lowest BCUT2D eigenvalue weighted by atomic mass is 10.00. The van der Waals surface area contributed by atoms with E-state index >= 15 is 0 Å². The molecule has 1 unspecified atom stereocenters. The van der Waals surface area contributed by atoms with Crippen LogP contribution in [0, 0.1) is 0 Å². The second-order valence-electron chi connectivity index (χ2n) is 7.56. The van der Waals surface area contributed by atoms with Crippen molar-refractivity contribution in [2.24, 2.45) is 0 Å². The number of hydrogen-bond donors (Lipinski definition) is 3. The summed E-state index contributed by atoms with van der Waals surface area (Å²) in [5.74, 6) is 1.30. The zero-order chi connectivity index (χ0) is 21.0. The molecule has 0 aliphatic rings. The fourth-order valence-electron chi connectivity index (χ4n) is 2.83.